The Labute approximate surface area is 89.8 Å². The molecule has 15 heavy (non-hydrogen) atoms. The van der Waals surface area contributed by atoms with Crippen LogP contribution in [0.5, 0.6) is 0 Å². The van der Waals surface area contributed by atoms with E-state index in [4.69, 9.17) is 0 Å². The van der Waals surface area contributed by atoms with Gasteiger partial charge in [-0.2, -0.15) is 0 Å². The third-order valence-electron chi connectivity index (χ3n) is 2.97. The summed E-state index contributed by atoms with van der Waals surface area (Å²) in [5.74, 6) is 0. The average molecular weight is 207 g/mol. The third kappa shape index (κ3) is 2.52. The predicted octanol–water partition coefficient (Wildman–Crippen LogP) is 1.04. The molecule has 3 unspecified atom stereocenters. The molecule has 1 heterocycles. The van der Waals surface area contributed by atoms with Crippen LogP contribution >= 0.6 is 0 Å². The van der Waals surface area contributed by atoms with E-state index < -0.39 is 0 Å². The highest BCUT2D eigenvalue weighted by Crippen LogP contribution is 2.21. The van der Waals surface area contributed by atoms with E-state index in [9.17, 15) is 5.11 Å². The lowest BCUT2D eigenvalue weighted by Gasteiger charge is -2.21. The molecule has 82 valence electrons. The van der Waals surface area contributed by atoms with E-state index in [1.54, 1.807) is 18.6 Å². The van der Waals surface area contributed by atoms with E-state index in [2.05, 4.69) is 22.2 Å². The van der Waals surface area contributed by atoms with Crippen LogP contribution < -0.4 is 5.32 Å². The van der Waals surface area contributed by atoms with Gasteiger partial charge in [0.1, 0.15) is 0 Å². The molecule has 1 aliphatic carbocycles. The van der Waals surface area contributed by atoms with E-state index in [1.165, 1.54) is 0 Å². The van der Waals surface area contributed by atoms with E-state index in [-0.39, 0.29) is 18.2 Å². The van der Waals surface area contributed by atoms with Gasteiger partial charge in [0.15, 0.2) is 0 Å². The summed E-state index contributed by atoms with van der Waals surface area (Å²) in [6.07, 6.45) is 7.98. The molecule has 1 saturated carbocycles. The average Bonchev–Trinajstić information content (AvgIpc) is 2.66. The van der Waals surface area contributed by atoms with Gasteiger partial charge in [-0.05, 0) is 26.2 Å². The number of nitrogens with zero attached hydrogens (tertiary/aromatic N) is 2. The number of hydrogen-bond donors (Lipinski definition) is 2. The predicted molar refractivity (Wildman–Crippen MR) is 57.2 cm³/mol. The lowest BCUT2D eigenvalue weighted by Crippen LogP contribution is -2.37. The number of rotatable bonds is 3. The Morgan fingerprint density at radius 1 is 1.47 bits per heavy atom. The summed E-state index contributed by atoms with van der Waals surface area (Å²) in [7, 11) is 0. The zero-order valence-corrected chi connectivity index (χ0v) is 8.93. The largest absolute Gasteiger partial charge is 0.392 e. The first kappa shape index (κ1) is 10.5. The van der Waals surface area contributed by atoms with Gasteiger partial charge in [0.05, 0.1) is 11.8 Å². The molecular weight excluding hydrogens is 190 g/mol. The second kappa shape index (κ2) is 4.68. The number of hydrogen-bond acceptors (Lipinski definition) is 4. The number of aromatic nitrogens is 2. The first-order valence-electron chi connectivity index (χ1n) is 5.47. The Bertz CT molecular complexity index is 304. The lowest BCUT2D eigenvalue weighted by atomic mass is 10.1. The maximum atomic E-state index is 9.69. The van der Waals surface area contributed by atoms with Gasteiger partial charge >= 0.3 is 0 Å². The Kier molecular flexibility index (Phi) is 3.28. The van der Waals surface area contributed by atoms with Gasteiger partial charge < -0.3 is 10.4 Å². The molecule has 0 amide bonds. The minimum Gasteiger partial charge on any atom is -0.392 e. The van der Waals surface area contributed by atoms with E-state index >= 15 is 0 Å². The highest BCUT2D eigenvalue weighted by molar-refractivity contribution is 5.02. The zero-order valence-electron chi connectivity index (χ0n) is 8.93. The number of aliphatic hydroxyl groups excluding tert-OH is 1. The molecule has 0 radical (unpaired) electrons. The molecule has 0 bridgehead atoms. The molecule has 0 spiro atoms. The summed E-state index contributed by atoms with van der Waals surface area (Å²) in [5, 5.41) is 13.1. The molecule has 0 saturated heterocycles. The Hall–Kier alpha value is -1.00. The van der Waals surface area contributed by atoms with Crippen molar-refractivity contribution < 1.29 is 5.11 Å². The normalized spacial score (nSPS) is 27.9. The maximum absolute atomic E-state index is 9.69. The van der Waals surface area contributed by atoms with Crippen molar-refractivity contribution in [2.75, 3.05) is 0 Å². The molecule has 4 heteroatoms. The molecule has 2 N–H and O–H groups in total. The van der Waals surface area contributed by atoms with Crippen LogP contribution in [0.1, 0.15) is 37.9 Å². The van der Waals surface area contributed by atoms with Crippen molar-refractivity contribution in [1.82, 2.24) is 15.3 Å². The van der Waals surface area contributed by atoms with Gasteiger partial charge in [-0.1, -0.05) is 0 Å². The smallest absolute Gasteiger partial charge is 0.0753 e. The summed E-state index contributed by atoms with van der Waals surface area (Å²) < 4.78 is 0. The number of aliphatic hydroxyl groups is 1. The Balaban J connectivity index is 1.95. The van der Waals surface area contributed by atoms with Gasteiger partial charge in [0.2, 0.25) is 0 Å². The summed E-state index contributed by atoms with van der Waals surface area (Å²) in [6.45, 7) is 2.05. The van der Waals surface area contributed by atoms with Crippen LogP contribution in [0.3, 0.4) is 0 Å². The van der Waals surface area contributed by atoms with Crippen LogP contribution in [-0.2, 0) is 0 Å². The van der Waals surface area contributed by atoms with Crippen molar-refractivity contribution in [2.24, 2.45) is 0 Å². The molecule has 2 rings (SSSR count). The molecule has 1 aliphatic rings. The Morgan fingerprint density at radius 2 is 2.33 bits per heavy atom. The highest BCUT2D eigenvalue weighted by Gasteiger charge is 2.26. The van der Waals surface area contributed by atoms with Crippen molar-refractivity contribution in [3.8, 4) is 0 Å². The molecule has 0 aromatic carbocycles. The van der Waals surface area contributed by atoms with Gasteiger partial charge in [0, 0.05) is 30.7 Å². The second-order valence-corrected chi connectivity index (χ2v) is 4.12. The second-order valence-electron chi connectivity index (χ2n) is 4.12. The maximum Gasteiger partial charge on any atom is 0.0753 e. The van der Waals surface area contributed by atoms with Crippen LogP contribution in [0, 0.1) is 0 Å². The standard InChI is InChI=1S/C11H17N3O/c1-8(10-7-12-5-6-13-10)14-9-3-2-4-11(9)15/h5-9,11,14-15H,2-4H2,1H3. The molecule has 3 atom stereocenters. The highest BCUT2D eigenvalue weighted by atomic mass is 16.3. The van der Waals surface area contributed by atoms with E-state index in [1.807, 2.05) is 0 Å². The fourth-order valence-corrected chi connectivity index (χ4v) is 2.08. The summed E-state index contributed by atoms with van der Waals surface area (Å²) in [4.78, 5) is 8.27. The first-order valence-corrected chi connectivity index (χ1v) is 5.47. The molecule has 1 aromatic heterocycles. The molecule has 0 aliphatic heterocycles. The monoisotopic (exact) mass is 207 g/mol. The minimum atomic E-state index is -0.205. The fraction of sp³-hybridized carbons (Fsp3) is 0.636. The lowest BCUT2D eigenvalue weighted by molar-refractivity contribution is 0.143. The van der Waals surface area contributed by atoms with Crippen LogP contribution in [0.4, 0.5) is 0 Å². The molecular formula is C11H17N3O. The summed E-state index contributed by atoms with van der Waals surface area (Å²) in [5.41, 5.74) is 0.927. The first-order chi connectivity index (χ1) is 7.27. The Morgan fingerprint density at radius 3 is 2.93 bits per heavy atom. The quantitative estimate of drug-likeness (QED) is 0.777. The van der Waals surface area contributed by atoms with Crippen LogP contribution in [-0.4, -0.2) is 27.2 Å². The van der Waals surface area contributed by atoms with Crippen molar-refractivity contribution >= 4 is 0 Å². The van der Waals surface area contributed by atoms with Gasteiger partial charge in [-0.25, -0.2) is 0 Å². The minimum absolute atomic E-state index is 0.149. The fourth-order valence-electron chi connectivity index (χ4n) is 2.08. The molecule has 1 fully saturated rings. The van der Waals surface area contributed by atoms with Crippen LogP contribution in [0.15, 0.2) is 18.6 Å². The molecule has 4 nitrogen and oxygen atoms in total. The van der Waals surface area contributed by atoms with E-state index in [0.29, 0.717) is 0 Å². The van der Waals surface area contributed by atoms with Crippen molar-refractivity contribution in [3.05, 3.63) is 24.3 Å². The van der Waals surface area contributed by atoms with Crippen LogP contribution in [0.25, 0.3) is 0 Å². The van der Waals surface area contributed by atoms with Crippen molar-refractivity contribution in [1.29, 1.82) is 0 Å². The summed E-state index contributed by atoms with van der Waals surface area (Å²) in [6, 6.07) is 0.360. The van der Waals surface area contributed by atoms with Gasteiger partial charge in [0.25, 0.3) is 0 Å². The third-order valence-corrected chi connectivity index (χ3v) is 2.97. The number of nitrogens with one attached hydrogen (secondary N) is 1. The van der Waals surface area contributed by atoms with E-state index in [0.717, 1.165) is 25.0 Å². The van der Waals surface area contributed by atoms with Crippen molar-refractivity contribution in [3.63, 3.8) is 0 Å². The van der Waals surface area contributed by atoms with Gasteiger partial charge in [-0.3, -0.25) is 9.97 Å². The SMILES string of the molecule is CC(NC1CCCC1O)c1cnccn1. The van der Waals surface area contributed by atoms with Gasteiger partial charge in [-0.15, -0.1) is 0 Å². The molecule has 1 aromatic rings. The summed E-state index contributed by atoms with van der Waals surface area (Å²) >= 11 is 0. The topological polar surface area (TPSA) is 58.0 Å². The van der Waals surface area contributed by atoms with Crippen LogP contribution in [0.2, 0.25) is 0 Å². The van der Waals surface area contributed by atoms with Crippen molar-refractivity contribution in [2.45, 2.75) is 44.4 Å². The zero-order chi connectivity index (χ0) is 10.7.